The fourth-order valence-corrected chi connectivity index (χ4v) is 3.24. The minimum atomic E-state index is -0.347. The first kappa shape index (κ1) is 16.0. The lowest BCUT2D eigenvalue weighted by atomic mass is 10.0. The third kappa shape index (κ3) is 3.92. The predicted molar refractivity (Wildman–Crippen MR) is 96.9 cm³/mol. The Bertz CT molecular complexity index is 910. The molecule has 0 spiro atoms. The molecule has 24 heavy (non-hydrogen) atoms. The highest BCUT2D eigenvalue weighted by Gasteiger charge is 2.06. The number of nitriles is 1. The Morgan fingerprint density at radius 3 is 2.42 bits per heavy atom. The van der Waals surface area contributed by atoms with Gasteiger partial charge in [-0.3, -0.25) is 0 Å². The number of hydrogen-bond donors (Lipinski definition) is 0. The number of allylic oxidation sites excluding steroid dienone is 1. The van der Waals surface area contributed by atoms with E-state index in [1.165, 1.54) is 12.1 Å². The average molecular weight is 331 g/mol. The van der Waals surface area contributed by atoms with Crippen molar-refractivity contribution in [2.75, 3.05) is 0 Å². The Labute approximate surface area is 145 Å². The zero-order valence-electron chi connectivity index (χ0n) is 12.8. The molecule has 3 rings (SSSR count). The van der Waals surface area contributed by atoms with Crippen LogP contribution in [0.3, 0.4) is 0 Å². The summed E-state index contributed by atoms with van der Waals surface area (Å²) in [7, 11) is 0. The summed E-state index contributed by atoms with van der Waals surface area (Å²) < 4.78 is 13.4. The van der Waals surface area contributed by atoms with Crippen molar-refractivity contribution in [1.29, 1.82) is 5.26 Å². The normalized spacial score (nSPS) is 11.1. The maximum atomic E-state index is 13.4. The molecule has 3 aromatic carbocycles. The smallest absolute Gasteiger partial charge is 0.123 e. The van der Waals surface area contributed by atoms with Gasteiger partial charge in [0.2, 0.25) is 0 Å². The van der Waals surface area contributed by atoms with Gasteiger partial charge in [0, 0.05) is 9.79 Å². The van der Waals surface area contributed by atoms with Crippen LogP contribution in [0, 0.1) is 17.1 Å². The maximum absolute atomic E-state index is 13.4. The predicted octanol–water partition coefficient (Wildman–Crippen LogP) is 6.04. The summed E-state index contributed by atoms with van der Waals surface area (Å²) >= 11 is 1.64. The third-order valence-electron chi connectivity index (χ3n) is 3.45. The summed E-state index contributed by atoms with van der Waals surface area (Å²) in [6.07, 6.45) is 1.81. The first-order valence-electron chi connectivity index (χ1n) is 7.46. The summed E-state index contributed by atoms with van der Waals surface area (Å²) in [4.78, 5) is 2.18. The molecule has 0 amide bonds. The van der Waals surface area contributed by atoms with Crippen molar-refractivity contribution in [3.8, 4) is 6.07 Å². The van der Waals surface area contributed by atoms with E-state index in [1.54, 1.807) is 30.0 Å². The SMILES string of the molecule is N#C/C(=C\c1ccccc1Sc1ccccc1)c1cccc(F)c1. The fraction of sp³-hybridized carbons (Fsp3) is 0. The van der Waals surface area contributed by atoms with E-state index in [4.69, 9.17) is 0 Å². The molecule has 0 bridgehead atoms. The first-order chi connectivity index (χ1) is 11.8. The Morgan fingerprint density at radius 1 is 0.917 bits per heavy atom. The van der Waals surface area contributed by atoms with Gasteiger partial charge in [0.15, 0.2) is 0 Å². The van der Waals surface area contributed by atoms with Crippen molar-refractivity contribution in [2.45, 2.75) is 9.79 Å². The quantitative estimate of drug-likeness (QED) is 0.430. The summed E-state index contributed by atoms with van der Waals surface area (Å²) in [6.45, 7) is 0. The molecule has 0 saturated heterocycles. The van der Waals surface area contributed by atoms with E-state index < -0.39 is 0 Å². The Hall–Kier alpha value is -2.83. The summed E-state index contributed by atoms with van der Waals surface area (Å²) in [5, 5.41) is 9.46. The van der Waals surface area contributed by atoms with Crippen LogP contribution in [-0.4, -0.2) is 0 Å². The average Bonchev–Trinajstić information content (AvgIpc) is 2.62. The summed E-state index contributed by atoms with van der Waals surface area (Å²) in [5.74, 6) is -0.347. The molecule has 0 aliphatic heterocycles. The van der Waals surface area contributed by atoms with Crippen molar-refractivity contribution in [2.24, 2.45) is 0 Å². The Balaban J connectivity index is 1.98. The number of nitrogens with zero attached hydrogens (tertiary/aromatic N) is 1. The molecule has 0 fully saturated rings. The standard InChI is InChI=1S/C21H14FNS/c22-19-9-6-8-16(14-19)18(15-23)13-17-7-4-5-12-21(17)24-20-10-2-1-3-11-20/h1-14H/b18-13+. The van der Waals surface area contributed by atoms with Gasteiger partial charge in [0.25, 0.3) is 0 Å². The van der Waals surface area contributed by atoms with Crippen LogP contribution in [0.25, 0.3) is 11.6 Å². The van der Waals surface area contributed by atoms with E-state index in [2.05, 4.69) is 6.07 Å². The molecular formula is C21H14FNS. The zero-order chi connectivity index (χ0) is 16.8. The molecule has 0 atom stereocenters. The van der Waals surface area contributed by atoms with Crippen LogP contribution >= 0.6 is 11.8 Å². The third-order valence-corrected chi connectivity index (χ3v) is 4.55. The lowest BCUT2D eigenvalue weighted by Gasteiger charge is -2.07. The van der Waals surface area contributed by atoms with Crippen LogP contribution in [0.15, 0.2) is 88.7 Å². The number of benzene rings is 3. The summed E-state index contributed by atoms with van der Waals surface area (Å²) in [5.41, 5.74) is 1.96. The molecule has 0 radical (unpaired) electrons. The van der Waals surface area contributed by atoms with E-state index in [0.29, 0.717) is 11.1 Å². The van der Waals surface area contributed by atoms with Gasteiger partial charge in [-0.2, -0.15) is 5.26 Å². The molecule has 1 nitrogen and oxygen atoms in total. The maximum Gasteiger partial charge on any atom is 0.123 e. The van der Waals surface area contributed by atoms with Crippen molar-refractivity contribution in [1.82, 2.24) is 0 Å². The molecule has 0 aromatic heterocycles. The topological polar surface area (TPSA) is 23.8 Å². The molecule has 3 aromatic rings. The largest absolute Gasteiger partial charge is 0.207 e. The van der Waals surface area contributed by atoms with Crippen LogP contribution in [0.2, 0.25) is 0 Å². The van der Waals surface area contributed by atoms with Crippen LogP contribution in [0.5, 0.6) is 0 Å². The molecule has 0 aliphatic carbocycles. The van der Waals surface area contributed by atoms with Gasteiger partial charge in [-0.05, 0) is 47.5 Å². The monoisotopic (exact) mass is 331 g/mol. The van der Waals surface area contributed by atoms with E-state index in [-0.39, 0.29) is 5.82 Å². The minimum Gasteiger partial charge on any atom is -0.207 e. The summed E-state index contributed by atoms with van der Waals surface area (Å²) in [6, 6.07) is 26.2. The van der Waals surface area contributed by atoms with E-state index >= 15 is 0 Å². The second-order valence-corrected chi connectivity index (χ2v) is 6.25. The molecule has 0 saturated carbocycles. The highest BCUT2D eigenvalue weighted by atomic mass is 32.2. The van der Waals surface area contributed by atoms with E-state index in [9.17, 15) is 9.65 Å². The van der Waals surface area contributed by atoms with Crippen molar-refractivity contribution in [3.63, 3.8) is 0 Å². The minimum absolute atomic E-state index is 0.347. The Kier molecular flexibility index (Phi) is 5.10. The second-order valence-electron chi connectivity index (χ2n) is 5.13. The lowest BCUT2D eigenvalue weighted by Crippen LogP contribution is -1.86. The van der Waals surface area contributed by atoms with Gasteiger partial charge in [-0.15, -0.1) is 0 Å². The molecule has 0 unspecified atom stereocenters. The van der Waals surface area contributed by atoms with E-state index in [0.717, 1.165) is 15.4 Å². The van der Waals surface area contributed by atoms with Crippen LogP contribution in [0.1, 0.15) is 11.1 Å². The van der Waals surface area contributed by atoms with Gasteiger partial charge in [0.05, 0.1) is 11.6 Å². The van der Waals surface area contributed by atoms with Gasteiger partial charge >= 0.3 is 0 Å². The lowest BCUT2D eigenvalue weighted by molar-refractivity contribution is 0.627. The van der Waals surface area contributed by atoms with Crippen molar-refractivity contribution in [3.05, 3.63) is 95.8 Å². The van der Waals surface area contributed by atoms with Crippen LogP contribution in [0.4, 0.5) is 4.39 Å². The van der Waals surface area contributed by atoms with Crippen LogP contribution < -0.4 is 0 Å². The molecule has 0 aliphatic rings. The van der Waals surface area contributed by atoms with Gasteiger partial charge in [0.1, 0.15) is 5.82 Å². The molecular weight excluding hydrogens is 317 g/mol. The van der Waals surface area contributed by atoms with Gasteiger partial charge < -0.3 is 0 Å². The first-order valence-corrected chi connectivity index (χ1v) is 8.27. The molecule has 0 N–H and O–H groups in total. The molecule has 116 valence electrons. The Morgan fingerprint density at radius 2 is 1.67 bits per heavy atom. The highest BCUT2D eigenvalue weighted by molar-refractivity contribution is 7.99. The fourth-order valence-electron chi connectivity index (χ4n) is 2.30. The number of rotatable bonds is 4. The van der Waals surface area contributed by atoms with E-state index in [1.807, 2.05) is 54.6 Å². The molecule has 0 heterocycles. The van der Waals surface area contributed by atoms with Gasteiger partial charge in [-0.1, -0.05) is 60.3 Å². The van der Waals surface area contributed by atoms with Gasteiger partial charge in [-0.25, -0.2) is 4.39 Å². The van der Waals surface area contributed by atoms with Crippen LogP contribution in [-0.2, 0) is 0 Å². The number of hydrogen-bond acceptors (Lipinski definition) is 2. The van der Waals surface area contributed by atoms with Crippen molar-refractivity contribution >= 4 is 23.4 Å². The number of halogens is 1. The molecule has 3 heteroatoms. The van der Waals surface area contributed by atoms with Crippen molar-refractivity contribution < 1.29 is 4.39 Å². The highest BCUT2D eigenvalue weighted by Crippen LogP contribution is 2.32. The second kappa shape index (κ2) is 7.63. The zero-order valence-corrected chi connectivity index (χ0v) is 13.6.